The van der Waals surface area contributed by atoms with E-state index < -0.39 is 40.6 Å². The van der Waals surface area contributed by atoms with E-state index in [9.17, 15) is 28.9 Å². The summed E-state index contributed by atoms with van der Waals surface area (Å²) in [6.07, 6.45) is -1.28. The molecule has 146 valence electrons. The Morgan fingerprint density at radius 2 is 2.15 bits per heavy atom. The van der Waals surface area contributed by atoms with Gasteiger partial charge in [0.15, 0.2) is 6.10 Å². The van der Waals surface area contributed by atoms with Gasteiger partial charge in [-0.1, -0.05) is 13.0 Å². The third kappa shape index (κ3) is 5.57. The molecular formula is C18H21FN2O6. The molecule has 0 aromatic heterocycles. The first-order chi connectivity index (χ1) is 12.7. The van der Waals surface area contributed by atoms with E-state index in [2.05, 4.69) is 5.32 Å². The van der Waals surface area contributed by atoms with Gasteiger partial charge in [0.2, 0.25) is 6.54 Å². The number of benzene rings is 1. The number of carbonyl (C=O) groups excluding carboxylic acids is 3. The molecule has 2 rings (SSSR count). The third-order valence-corrected chi connectivity index (χ3v) is 4.70. The van der Waals surface area contributed by atoms with Crippen LogP contribution in [0.1, 0.15) is 26.7 Å². The van der Waals surface area contributed by atoms with E-state index in [0.717, 1.165) is 6.07 Å². The Bertz CT molecular complexity index is 753. The molecule has 27 heavy (non-hydrogen) atoms. The van der Waals surface area contributed by atoms with Crippen molar-refractivity contribution in [2.24, 2.45) is 17.8 Å². The van der Waals surface area contributed by atoms with Gasteiger partial charge in [-0.25, -0.2) is 4.39 Å². The average molecular weight is 380 g/mol. The van der Waals surface area contributed by atoms with Crippen LogP contribution in [0.3, 0.4) is 0 Å². The van der Waals surface area contributed by atoms with Crippen molar-refractivity contribution >= 4 is 23.3 Å². The monoisotopic (exact) mass is 380 g/mol. The number of Topliss-reactive ketones (excluding diaryl/α,β-unsaturated/α-hetero) is 1. The van der Waals surface area contributed by atoms with Crippen LogP contribution in [0, 0.1) is 33.7 Å². The smallest absolute Gasteiger partial charge is 0.307 e. The zero-order valence-electron chi connectivity index (χ0n) is 15.0. The number of halogens is 1. The molecule has 1 saturated carbocycles. The van der Waals surface area contributed by atoms with Gasteiger partial charge in [-0.05, 0) is 31.0 Å². The number of ketones is 1. The summed E-state index contributed by atoms with van der Waals surface area (Å²) in [6, 6.07) is 5.24. The second kappa shape index (κ2) is 8.70. The Balaban J connectivity index is 1.92. The molecular weight excluding hydrogens is 359 g/mol. The van der Waals surface area contributed by atoms with E-state index in [1.165, 1.54) is 25.1 Å². The fraction of sp³-hybridized carbons (Fsp3) is 0.500. The van der Waals surface area contributed by atoms with Crippen LogP contribution in [0.15, 0.2) is 24.3 Å². The number of nitrogens with zero attached hydrogens (tertiary/aromatic N) is 1. The van der Waals surface area contributed by atoms with Gasteiger partial charge < -0.3 is 10.1 Å². The number of ether oxygens (including phenoxy) is 1. The van der Waals surface area contributed by atoms with Gasteiger partial charge in [-0.2, -0.15) is 0 Å². The maximum Gasteiger partial charge on any atom is 0.307 e. The molecule has 1 N–H and O–H groups in total. The molecule has 1 aromatic carbocycles. The Kier molecular flexibility index (Phi) is 6.59. The van der Waals surface area contributed by atoms with E-state index >= 15 is 0 Å². The van der Waals surface area contributed by atoms with E-state index in [1.54, 1.807) is 6.92 Å². The van der Waals surface area contributed by atoms with E-state index in [0.29, 0.717) is 0 Å². The van der Waals surface area contributed by atoms with Crippen LogP contribution in [0.5, 0.6) is 0 Å². The van der Waals surface area contributed by atoms with Crippen LogP contribution in [0.4, 0.5) is 10.1 Å². The van der Waals surface area contributed by atoms with Gasteiger partial charge in [0, 0.05) is 28.9 Å². The third-order valence-electron chi connectivity index (χ3n) is 4.70. The molecule has 0 unspecified atom stereocenters. The number of hydrogen-bond acceptors (Lipinski definition) is 6. The molecule has 0 spiro atoms. The lowest BCUT2D eigenvalue weighted by atomic mass is 9.88. The largest absolute Gasteiger partial charge is 0.453 e. The lowest BCUT2D eigenvalue weighted by Crippen LogP contribution is -2.32. The minimum Gasteiger partial charge on any atom is -0.453 e. The fourth-order valence-corrected chi connectivity index (χ4v) is 3.29. The van der Waals surface area contributed by atoms with Crippen molar-refractivity contribution in [2.75, 3.05) is 11.9 Å². The number of nitro groups is 1. The molecule has 0 aliphatic heterocycles. The number of carbonyl (C=O) groups is 3. The molecule has 1 aliphatic carbocycles. The summed E-state index contributed by atoms with van der Waals surface area (Å²) in [5.41, 5.74) is 0.216. The molecule has 4 atom stereocenters. The number of esters is 1. The Morgan fingerprint density at radius 1 is 1.44 bits per heavy atom. The minimum atomic E-state index is -1.16. The predicted octanol–water partition coefficient (Wildman–Crippen LogP) is 2.20. The zero-order valence-corrected chi connectivity index (χ0v) is 15.0. The topological polar surface area (TPSA) is 116 Å². The fourth-order valence-electron chi connectivity index (χ4n) is 3.29. The standard InChI is InChI=1S/C18H21FN2O6/c1-10-6-16(22)14(15(10)9-21(25)26)8-17(23)27-11(2)18(24)20-13-5-3-4-12(19)7-13/h3-5,7,10-11,14-15H,6,8-9H2,1-2H3,(H,20,24)/t10-,11-,14+,15+/m0/s1. The highest BCUT2D eigenvalue weighted by Gasteiger charge is 2.44. The van der Waals surface area contributed by atoms with Gasteiger partial charge in [-0.15, -0.1) is 0 Å². The normalized spacial score (nSPS) is 22.9. The van der Waals surface area contributed by atoms with E-state index in [-0.39, 0.29) is 36.8 Å². The van der Waals surface area contributed by atoms with Crippen LogP contribution in [-0.4, -0.2) is 35.2 Å². The van der Waals surface area contributed by atoms with E-state index in [1.807, 2.05) is 0 Å². The van der Waals surface area contributed by atoms with Crippen LogP contribution < -0.4 is 5.32 Å². The first-order valence-electron chi connectivity index (χ1n) is 8.57. The Hall–Kier alpha value is -2.84. The first kappa shape index (κ1) is 20.5. The number of amides is 1. The molecule has 0 radical (unpaired) electrons. The van der Waals surface area contributed by atoms with Gasteiger partial charge in [-0.3, -0.25) is 24.5 Å². The molecule has 0 bridgehead atoms. The van der Waals surface area contributed by atoms with Crippen molar-refractivity contribution in [1.29, 1.82) is 0 Å². The summed E-state index contributed by atoms with van der Waals surface area (Å²) in [6.45, 7) is 2.70. The van der Waals surface area contributed by atoms with Crippen LogP contribution in [-0.2, 0) is 19.1 Å². The SMILES string of the molecule is C[C@H](OC(=O)C[C@H]1C(=O)C[C@H](C)[C@H]1C[N+](=O)[O-])C(=O)Nc1cccc(F)c1. The van der Waals surface area contributed by atoms with Gasteiger partial charge >= 0.3 is 5.97 Å². The van der Waals surface area contributed by atoms with Crippen molar-refractivity contribution in [3.05, 3.63) is 40.2 Å². The van der Waals surface area contributed by atoms with Crippen molar-refractivity contribution in [3.8, 4) is 0 Å². The number of hydrogen-bond donors (Lipinski definition) is 1. The molecule has 1 aromatic rings. The molecule has 8 nitrogen and oxygen atoms in total. The van der Waals surface area contributed by atoms with Gasteiger partial charge in [0.05, 0.1) is 6.42 Å². The molecule has 0 heterocycles. The number of anilines is 1. The summed E-state index contributed by atoms with van der Waals surface area (Å²) in [5, 5.41) is 13.2. The summed E-state index contributed by atoms with van der Waals surface area (Å²) >= 11 is 0. The summed E-state index contributed by atoms with van der Waals surface area (Å²) in [7, 11) is 0. The maximum absolute atomic E-state index is 13.1. The molecule has 1 aliphatic rings. The van der Waals surface area contributed by atoms with Gasteiger partial charge in [0.25, 0.3) is 5.91 Å². The lowest BCUT2D eigenvalue weighted by Gasteiger charge is -2.18. The highest BCUT2D eigenvalue weighted by atomic mass is 19.1. The highest BCUT2D eigenvalue weighted by molar-refractivity contribution is 5.95. The Labute approximate surface area is 155 Å². The predicted molar refractivity (Wildman–Crippen MR) is 92.8 cm³/mol. The maximum atomic E-state index is 13.1. The van der Waals surface area contributed by atoms with Crippen LogP contribution >= 0.6 is 0 Å². The molecule has 0 saturated heterocycles. The highest BCUT2D eigenvalue weighted by Crippen LogP contribution is 2.36. The first-order valence-corrected chi connectivity index (χ1v) is 8.57. The zero-order chi connectivity index (χ0) is 20.1. The average Bonchev–Trinajstić information content (AvgIpc) is 2.81. The van der Waals surface area contributed by atoms with Crippen LogP contribution in [0.25, 0.3) is 0 Å². The molecule has 1 amide bonds. The molecule has 1 fully saturated rings. The number of nitrogens with one attached hydrogen (secondary N) is 1. The summed E-state index contributed by atoms with van der Waals surface area (Å²) < 4.78 is 18.2. The second-order valence-electron chi connectivity index (χ2n) is 6.77. The minimum absolute atomic E-state index is 0.186. The van der Waals surface area contributed by atoms with E-state index in [4.69, 9.17) is 4.74 Å². The van der Waals surface area contributed by atoms with Crippen molar-refractivity contribution in [1.82, 2.24) is 0 Å². The summed E-state index contributed by atoms with van der Waals surface area (Å²) in [4.78, 5) is 46.5. The van der Waals surface area contributed by atoms with Crippen molar-refractivity contribution < 1.29 is 28.4 Å². The number of rotatable bonds is 7. The van der Waals surface area contributed by atoms with Gasteiger partial charge in [0.1, 0.15) is 11.6 Å². The second-order valence-corrected chi connectivity index (χ2v) is 6.77. The Morgan fingerprint density at radius 3 is 2.78 bits per heavy atom. The van der Waals surface area contributed by atoms with Crippen molar-refractivity contribution in [3.63, 3.8) is 0 Å². The van der Waals surface area contributed by atoms with Crippen molar-refractivity contribution in [2.45, 2.75) is 32.8 Å². The quantitative estimate of drug-likeness (QED) is 0.440. The molecule has 9 heteroatoms. The summed E-state index contributed by atoms with van der Waals surface area (Å²) in [5.74, 6) is -3.66. The lowest BCUT2D eigenvalue weighted by molar-refractivity contribution is -0.490. The van der Waals surface area contributed by atoms with Crippen LogP contribution in [0.2, 0.25) is 0 Å².